The molecule has 2 rings (SSSR count). The van der Waals surface area contributed by atoms with E-state index in [4.69, 9.17) is 9.47 Å². The van der Waals surface area contributed by atoms with E-state index in [2.05, 4.69) is 31.3 Å². The Morgan fingerprint density at radius 1 is 1.28 bits per heavy atom. The van der Waals surface area contributed by atoms with Crippen LogP contribution in [0.1, 0.15) is 24.0 Å². The van der Waals surface area contributed by atoms with Crippen LogP contribution in [0.5, 0.6) is 5.75 Å². The summed E-state index contributed by atoms with van der Waals surface area (Å²) >= 11 is 0. The van der Waals surface area contributed by atoms with Crippen molar-refractivity contribution in [2.45, 2.75) is 38.9 Å². The Labute approximate surface area is 109 Å². The zero-order valence-electron chi connectivity index (χ0n) is 11.5. The molecule has 1 aliphatic heterocycles. The molecule has 0 aliphatic carbocycles. The third kappa shape index (κ3) is 3.47. The number of benzene rings is 1. The van der Waals surface area contributed by atoms with E-state index in [9.17, 15) is 0 Å². The second kappa shape index (κ2) is 6.21. The highest BCUT2D eigenvalue weighted by molar-refractivity contribution is 5.35. The molecule has 0 radical (unpaired) electrons. The van der Waals surface area contributed by atoms with E-state index in [1.54, 1.807) is 0 Å². The molecule has 2 atom stereocenters. The van der Waals surface area contributed by atoms with Gasteiger partial charge in [0.25, 0.3) is 0 Å². The van der Waals surface area contributed by atoms with Crippen molar-refractivity contribution in [1.29, 1.82) is 0 Å². The van der Waals surface area contributed by atoms with Gasteiger partial charge in [-0.1, -0.05) is 17.7 Å². The largest absolute Gasteiger partial charge is 0.491 e. The summed E-state index contributed by atoms with van der Waals surface area (Å²) in [7, 11) is 1.96. The highest BCUT2D eigenvalue weighted by Crippen LogP contribution is 2.23. The summed E-state index contributed by atoms with van der Waals surface area (Å²) in [4.78, 5) is 0. The van der Waals surface area contributed by atoms with E-state index >= 15 is 0 Å². The Morgan fingerprint density at radius 3 is 2.78 bits per heavy atom. The molecule has 1 heterocycles. The Kier molecular flexibility index (Phi) is 4.61. The van der Waals surface area contributed by atoms with Gasteiger partial charge in [-0.2, -0.15) is 0 Å². The van der Waals surface area contributed by atoms with Gasteiger partial charge in [-0.05, 0) is 45.4 Å². The quantitative estimate of drug-likeness (QED) is 0.869. The highest BCUT2D eigenvalue weighted by atomic mass is 16.5. The monoisotopic (exact) mass is 249 g/mol. The number of likely N-dealkylation sites (N-methyl/N-ethyl adjacent to an activating group) is 1. The molecule has 1 fully saturated rings. The van der Waals surface area contributed by atoms with Crippen molar-refractivity contribution in [1.82, 2.24) is 5.32 Å². The van der Waals surface area contributed by atoms with E-state index in [0.717, 1.165) is 25.1 Å². The van der Waals surface area contributed by atoms with Gasteiger partial charge in [-0.25, -0.2) is 0 Å². The summed E-state index contributed by atoms with van der Waals surface area (Å²) in [6.07, 6.45) is 2.81. The van der Waals surface area contributed by atoms with Crippen LogP contribution < -0.4 is 10.1 Å². The molecule has 0 spiro atoms. The first-order valence-corrected chi connectivity index (χ1v) is 6.69. The molecule has 0 bridgehead atoms. The van der Waals surface area contributed by atoms with Gasteiger partial charge in [0, 0.05) is 6.54 Å². The lowest BCUT2D eigenvalue weighted by Gasteiger charge is -2.15. The summed E-state index contributed by atoms with van der Waals surface area (Å²) in [6, 6.07) is 6.28. The molecular weight excluding hydrogens is 226 g/mol. The summed E-state index contributed by atoms with van der Waals surface area (Å²) in [5.41, 5.74) is 2.46. The minimum atomic E-state index is 0.240. The summed E-state index contributed by atoms with van der Waals surface area (Å²) < 4.78 is 11.8. The molecule has 3 nitrogen and oxygen atoms in total. The number of hydrogen-bond donors (Lipinski definition) is 1. The van der Waals surface area contributed by atoms with E-state index in [0.29, 0.717) is 12.7 Å². The van der Waals surface area contributed by atoms with Crippen LogP contribution in [0.2, 0.25) is 0 Å². The fourth-order valence-electron chi connectivity index (χ4n) is 2.42. The van der Waals surface area contributed by atoms with Crippen molar-refractivity contribution in [3.05, 3.63) is 29.3 Å². The molecule has 1 aromatic carbocycles. The number of hydrogen-bond acceptors (Lipinski definition) is 3. The smallest absolute Gasteiger partial charge is 0.122 e. The first-order valence-electron chi connectivity index (χ1n) is 6.69. The van der Waals surface area contributed by atoms with E-state index < -0.39 is 0 Å². The molecule has 1 N–H and O–H groups in total. The van der Waals surface area contributed by atoms with E-state index in [1.807, 2.05) is 13.1 Å². The Balaban J connectivity index is 1.81. The number of nitrogens with one attached hydrogen (secondary N) is 1. The van der Waals surface area contributed by atoms with E-state index in [1.165, 1.54) is 11.1 Å². The first kappa shape index (κ1) is 13.4. The Bertz CT molecular complexity index is 392. The van der Waals surface area contributed by atoms with Gasteiger partial charge < -0.3 is 14.8 Å². The summed E-state index contributed by atoms with van der Waals surface area (Å²) in [5.74, 6) is 0.973. The fourth-order valence-corrected chi connectivity index (χ4v) is 2.42. The molecule has 0 aromatic heterocycles. The third-order valence-corrected chi connectivity index (χ3v) is 3.38. The van der Waals surface area contributed by atoms with Crippen LogP contribution in [-0.2, 0) is 4.74 Å². The second-order valence-corrected chi connectivity index (χ2v) is 5.10. The molecular formula is C15H23NO2. The maximum atomic E-state index is 5.90. The normalized spacial score (nSPS) is 23.3. The number of ether oxygens (including phenoxy) is 2. The lowest BCUT2D eigenvalue weighted by atomic mass is 10.1. The molecule has 1 aromatic rings. The van der Waals surface area contributed by atoms with Crippen LogP contribution in [0, 0.1) is 13.8 Å². The zero-order chi connectivity index (χ0) is 13.0. The first-order chi connectivity index (χ1) is 8.69. The molecule has 18 heavy (non-hydrogen) atoms. The van der Waals surface area contributed by atoms with Gasteiger partial charge in [-0.3, -0.25) is 0 Å². The molecule has 0 saturated carbocycles. The Hall–Kier alpha value is -1.06. The zero-order valence-corrected chi connectivity index (χ0v) is 11.5. The predicted molar refractivity (Wildman–Crippen MR) is 73.2 cm³/mol. The fraction of sp³-hybridized carbons (Fsp3) is 0.600. The standard InChI is InChI=1S/C15H23NO2/c1-11-4-7-15(12(2)8-11)17-10-14-6-5-13(18-14)9-16-3/h4,7-8,13-14,16H,5-6,9-10H2,1-3H3. The number of aryl methyl sites for hydroxylation is 2. The van der Waals surface area contributed by atoms with Crippen molar-refractivity contribution in [3.8, 4) is 5.75 Å². The molecule has 3 heteroatoms. The van der Waals surface area contributed by atoms with Gasteiger partial charge in [-0.15, -0.1) is 0 Å². The van der Waals surface area contributed by atoms with Crippen LogP contribution in [0.15, 0.2) is 18.2 Å². The van der Waals surface area contributed by atoms with Crippen molar-refractivity contribution < 1.29 is 9.47 Å². The summed E-state index contributed by atoms with van der Waals surface area (Å²) in [5, 5.41) is 3.15. The van der Waals surface area contributed by atoms with Gasteiger partial charge in [0.2, 0.25) is 0 Å². The summed E-state index contributed by atoms with van der Waals surface area (Å²) in [6.45, 7) is 5.77. The minimum absolute atomic E-state index is 0.240. The lowest BCUT2D eigenvalue weighted by Crippen LogP contribution is -2.25. The predicted octanol–water partition coefficient (Wildman–Crippen LogP) is 2.45. The topological polar surface area (TPSA) is 30.5 Å². The minimum Gasteiger partial charge on any atom is -0.491 e. The van der Waals surface area contributed by atoms with Crippen molar-refractivity contribution in [2.24, 2.45) is 0 Å². The number of rotatable bonds is 5. The second-order valence-electron chi connectivity index (χ2n) is 5.10. The van der Waals surface area contributed by atoms with Gasteiger partial charge in [0.05, 0.1) is 12.2 Å². The van der Waals surface area contributed by atoms with Crippen molar-refractivity contribution in [3.63, 3.8) is 0 Å². The van der Waals surface area contributed by atoms with Crippen LogP contribution in [0.4, 0.5) is 0 Å². The third-order valence-electron chi connectivity index (χ3n) is 3.38. The van der Waals surface area contributed by atoms with E-state index in [-0.39, 0.29) is 6.10 Å². The van der Waals surface area contributed by atoms with Gasteiger partial charge in [0.1, 0.15) is 12.4 Å². The molecule has 1 saturated heterocycles. The van der Waals surface area contributed by atoms with Crippen molar-refractivity contribution in [2.75, 3.05) is 20.2 Å². The van der Waals surface area contributed by atoms with Gasteiger partial charge >= 0.3 is 0 Å². The van der Waals surface area contributed by atoms with Crippen LogP contribution in [-0.4, -0.2) is 32.4 Å². The SMILES string of the molecule is CNCC1CCC(COc2ccc(C)cc2C)O1. The maximum Gasteiger partial charge on any atom is 0.122 e. The molecule has 100 valence electrons. The highest BCUT2D eigenvalue weighted by Gasteiger charge is 2.25. The molecule has 1 aliphatic rings. The van der Waals surface area contributed by atoms with Crippen LogP contribution >= 0.6 is 0 Å². The maximum absolute atomic E-state index is 5.90. The van der Waals surface area contributed by atoms with Crippen molar-refractivity contribution >= 4 is 0 Å². The Morgan fingerprint density at radius 2 is 2.06 bits per heavy atom. The average Bonchev–Trinajstić information content (AvgIpc) is 2.76. The molecule has 0 amide bonds. The van der Waals surface area contributed by atoms with Gasteiger partial charge in [0.15, 0.2) is 0 Å². The molecule has 2 unspecified atom stereocenters. The van der Waals surface area contributed by atoms with Crippen LogP contribution in [0.3, 0.4) is 0 Å². The average molecular weight is 249 g/mol. The lowest BCUT2D eigenvalue weighted by molar-refractivity contribution is 0.0192. The van der Waals surface area contributed by atoms with Crippen LogP contribution in [0.25, 0.3) is 0 Å².